The monoisotopic (exact) mass is 626 g/mol. The number of nitrogens with one attached hydrogen (secondary N) is 2. The number of amides is 4. The van der Waals surface area contributed by atoms with E-state index in [9.17, 15) is 45.1 Å². The van der Waals surface area contributed by atoms with Crippen LogP contribution in [0, 0.1) is 6.92 Å². The van der Waals surface area contributed by atoms with Crippen LogP contribution in [0.15, 0.2) is 72.8 Å². The Bertz CT molecular complexity index is 1480. The second-order valence-electron chi connectivity index (χ2n) is 9.75. The van der Waals surface area contributed by atoms with E-state index in [-0.39, 0.29) is 35.8 Å². The number of halogens is 7. The third kappa shape index (κ3) is 7.12. The van der Waals surface area contributed by atoms with Crippen LogP contribution in [0.25, 0.3) is 0 Å². The van der Waals surface area contributed by atoms with Gasteiger partial charge in [0.25, 0.3) is 11.8 Å². The molecule has 0 saturated carbocycles. The lowest BCUT2D eigenvalue weighted by atomic mass is 9.92. The molecule has 0 atom stereocenters. The fourth-order valence-corrected chi connectivity index (χ4v) is 4.46. The molecule has 0 spiro atoms. The number of carbonyl (C=O) groups is 3. The number of nitrogens with zero attached hydrogens (tertiary/aromatic N) is 2. The van der Waals surface area contributed by atoms with Gasteiger partial charge in [0, 0.05) is 55.2 Å². The molecular weight excluding hydrogens is 597 g/mol. The summed E-state index contributed by atoms with van der Waals surface area (Å²) >= 11 is 0. The Morgan fingerprint density at radius 1 is 0.773 bits per heavy atom. The van der Waals surface area contributed by atoms with Gasteiger partial charge in [-0.25, -0.2) is 9.18 Å². The number of aryl methyl sites for hydroxylation is 1. The lowest BCUT2D eigenvalue weighted by Gasteiger charge is -2.31. The molecule has 7 nitrogen and oxygen atoms in total. The number of hydrogen-bond acceptors (Lipinski definition) is 3. The first-order valence-electron chi connectivity index (χ1n) is 13.2. The summed E-state index contributed by atoms with van der Waals surface area (Å²) in [7, 11) is 2.71. The molecule has 44 heavy (non-hydrogen) atoms. The van der Waals surface area contributed by atoms with Gasteiger partial charge in [0.2, 0.25) is 0 Å². The molecule has 3 aromatic carbocycles. The minimum absolute atomic E-state index is 0.0493. The third-order valence-corrected chi connectivity index (χ3v) is 6.78. The molecular formula is C30H29F7N4O3. The van der Waals surface area contributed by atoms with E-state index >= 15 is 0 Å². The van der Waals surface area contributed by atoms with Crippen LogP contribution >= 0.6 is 0 Å². The highest BCUT2D eigenvalue weighted by Gasteiger charge is 2.73. The van der Waals surface area contributed by atoms with Crippen molar-refractivity contribution in [3.63, 3.8) is 0 Å². The highest BCUT2D eigenvalue weighted by Crippen LogP contribution is 2.53. The van der Waals surface area contributed by atoms with Crippen molar-refractivity contribution in [2.24, 2.45) is 0 Å². The Morgan fingerprint density at radius 3 is 1.95 bits per heavy atom. The topological polar surface area (TPSA) is 81.8 Å². The molecule has 2 N–H and O–H groups in total. The van der Waals surface area contributed by atoms with Crippen LogP contribution in [0.5, 0.6) is 0 Å². The molecule has 0 bridgehead atoms. The second kappa shape index (κ2) is 13.3. The molecule has 3 rings (SSSR count). The SMILES string of the molecule is CNC(=O)NCCCN(C(=O)c1ccccc1)c1cccc(C(=O)N(C)c2ccc(C(F)(C(F)(F)F)C(F)(F)F)cc2C)c1. The fourth-order valence-electron chi connectivity index (χ4n) is 4.46. The van der Waals surface area contributed by atoms with Crippen LogP contribution < -0.4 is 20.4 Å². The number of alkyl halides is 7. The smallest absolute Gasteiger partial charge is 0.341 e. The second-order valence-corrected chi connectivity index (χ2v) is 9.75. The summed E-state index contributed by atoms with van der Waals surface area (Å²) in [5.41, 5.74) is -6.82. The minimum atomic E-state index is -6.27. The molecule has 0 saturated heterocycles. The van der Waals surface area contributed by atoms with E-state index in [1.807, 2.05) is 0 Å². The zero-order valence-corrected chi connectivity index (χ0v) is 23.8. The van der Waals surface area contributed by atoms with Crippen molar-refractivity contribution in [1.29, 1.82) is 0 Å². The number of carbonyl (C=O) groups excluding carboxylic acids is 3. The largest absolute Gasteiger partial charge is 0.435 e. The first-order valence-corrected chi connectivity index (χ1v) is 13.2. The summed E-state index contributed by atoms with van der Waals surface area (Å²) in [6.07, 6.45) is -12.2. The van der Waals surface area contributed by atoms with Crippen LogP contribution in [0.1, 0.15) is 38.3 Å². The minimum Gasteiger partial charge on any atom is -0.341 e. The van der Waals surface area contributed by atoms with Crippen molar-refractivity contribution >= 4 is 29.2 Å². The summed E-state index contributed by atoms with van der Waals surface area (Å²) in [6, 6.07) is 15.4. The number of benzene rings is 3. The van der Waals surface area contributed by atoms with Crippen LogP contribution in [-0.2, 0) is 5.67 Å². The maximum Gasteiger partial charge on any atom is 0.435 e. The van der Waals surface area contributed by atoms with Crippen molar-refractivity contribution < 1.29 is 45.1 Å². The van der Waals surface area contributed by atoms with Gasteiger partial charge in [0.05, 0.1) is 0 Å². The van der Waals surface area contributed by atoms with Gasteiger partial charge in [-0.15, -0.1) is 0 Å². The van der Waals surface area contributed by atoms with E-state index in [0.29, 0.717) is 29.8 Å². The first kappa shape index (κ1) is 33.9. The standard InChI is InChI=1S/C30H29F7N4O3/c1-19-17-22(28(31,29(32,33)34)30(35,36)37)13-14-24(19)40(3)25(42)21-11-7-12-23(18-21)41(16-8-15-39-27(44)38-2)26(43)20-9-5-4-6-10-20/h4-7,9-14,17-18H,8,15-16H2,1-3H3,(H2,38,39,44). The number of urea groups is 1. The average molecular weight is 627 g/mol. The van der Waals surface area contributed by atoms with Gasteiger partial charge in [-0.1, -0.05) is 36.4 Å². The zero-order valence-electron chi connectivity index (χ0n) is 23.8. The summed E-state index contributed by atoms with van der Waals surface area (Å²) in [5.74, 6) is -1.09. The summed E-state index contributed by atoms with van der Waals surface area (Å²) in [4.78, 5) is 40.7. The predicted molar refractivity (Wildman–Crippen MR) is 150 cm³/mol. The first-order chi connectivity index (χ1) is 20.5. The van der Waals surface area contributed by atoms with Crippen molar-refractivity contribution in [1.82, 2.24) is 10.6 Å². The summed E-state index contributed by atoms with van der Waals surface area (Å²) < 4.78 is 94.0. The van der Waals surface area contributed by atoms with Crippen molar-refractivity contribution in [3.05, 3.63) is 95.1 Å². The van der Waals surface area contributed by atoms with Crippen molar-refractivity contribution in [3.8, 4) is 0 Å². The fraction of sp³-hybridized carbons (Fsp3) is 0.300. The predicted octanol–water partition coefficient (Wildman–Crippen LogP) is 6.53. The molecule has 0 aromatic heterocycles. The van der Waals surface area contributed by atoms with Gasteiger partial charge in [0.15, 0.2) is 0 Å². The molecule has 0 radical (unpaired) electrons. The lowest BCUT2D eigenvalue weighted by molar-refractivity contribution is -0.348. The Morgan fingerprint density at radius 2 is 1.39 bits per heavy atom. The Kier molecular flexibility index (Phi) is 10.3. The maximum absolute atomic E-state index is 14.6. The van der Waals surface area contributed by atoms with Gasteiger partial charge >= 0.3 is 24.1 Å². The third-order valence-electron chi connectivity index (χ3n) is 6.78. The normalized spacial score (nSPS) is 12.0. The molecule has 0 unspecified atom stereocenters. The van der Waals surface area contributed by atoms with Gasteiger partial charge in [-0.2, -0.15) is 26.3 Å². The van der Waals surface area contributed by atoms with Crippen molar-refractivity contribution in [2.75, 3.05) is 37.0 Å². The summed E-state index contributed by atoms with van der Waals surface area (Å²) in [5, 5.41) is 5.03. The van der Waals surface area contributed by atoms with Crippen LogP contribution in [0.4, 0.5) is 46.9 Å². The van der Waals surface area contributed by atoms with Gasteiger partial charge < -0.3 is 20.4 Å². The average Bonchev–Trinajstić information content (AvgIpc) is 2.98. The van der Waals surface area contributed by atoms with Crippen LogP contribution in [-0.4, -0.2) is 57.4 Å². The molecule has 0 aliphatic rings. The highest BCUT2D eigenvalue weighted by atomic mass is 19.4. The zero-order chi connectivity index (χ0) is 32.9. The molecule has 3 aromatic rings. The molecule has 0 heterocycles. The Balaban J connectivity index is 1.92. The van der Waals surface area contributed by atoms with Gasteiger partial charge in [-0.3, -0.25) is 9.59 Å². The Hall–Kier alpha value is -4.62. The molecule has 0 aliphatic heterocycles. The van der Waals surface area contributed by atoms with E-state index in [0.717, 1.165) is 17.9 Å². The van der Waals surface area contributed by atoms with E-state index in [1.165, 1.54) is 37.2 Å². The molecule has 14 heteroatoms. The molecule has 0 aliphatic carbocycles. The molecule has 236 valence electrons. The molecule has 0 fully saturated rings. The van der Waals surface area contributed by atoms with E-state index in [2.05, 4.69) is 10.6 Å². The van der Waals surface area contributed by atoms with E-state index < -0.39 is 35.5 Å². The number of rotatable bonds is 9. The van der Waals surface area contributed by atoms with Crippen LogP contribution in [0.3, 0.4) is 0 Å². The number of anilines is 2. The number of hydrogen-bond donors (Lipinski definition) is 2. The van der Waals surface area contributed by atoms with Gasteiger partial charge in [0.1, 0.15) is 0 Å². The molecule has 4 amide bonds. The maximum atomic E-state index is 14.6. The van der Waals surface area contributed by atoms with Crippen molar-refractivity contribution in [2.45, 2.75) is 31.4 Å². The highest BCUT2D eigenvalue weighted by molar-refractivity contribution is 6.09. The Labute approximate surface area is 248 Å². The summed E-state index contributed by atoms with van der Waals surface area (Å²) in [6.45, 7) is 1.53. The van der Waals surface area contributed by atoms with E-state index in [1.54, 1.807) is 36.4 Å². The van der Waals surface area contributed by atoms with Crippen LogP contribution in [0.2, 0.25) is 0 Å². The van der Waals surface area contributed by atoms with Gasteiger partial charge in [-0.05, 0) is 55.3 Å². The quantitative estimate of drug-likeness (QED) is 0.210. The van der Waals surface area contributed by atoms with E-state index in [4.69, 9.17) is 0 Å². The lowest BCUT2D eigenvalue weighted by Crippen LogP contribution is -2.50.